The summed E-state index contributed by atoms with van der Waals surface area (Å²) in [6.07, 6.45) is 4.04. The van der Waals surface area contributed by atoms with E-state index < -0.39 is 29.2 Å². The minimum absolute atomic E-state index is 0. The van der Waals surface area contributed by atoms with Crippen molar-refractivity contribution in [2.24, 2.45) is 16.3 Å². The van der Waals surface area contributed by atoms with Crippen LogP contribution in [0.4, 0.5) is 0 Å². The Bertz CT molecular complexity index is 487. The predicted molar refractivity (Wildman–Crippen MR) is 92.7 cm³/mol. The molecule has 2 amide bonds. The Kier molecular flexibility index (Phi) is 14.7. The average molecular weight is 429 g/mol. The summed E-state index contributed by atoms with van der Waals surface area (Å²) in [5, 5.41) is 22.1. The number of carboxylic acid groups (broad SMARTS) is 1. The van der Waals surface area contributed by atoms with Crippen LogP contribution in [-0.4, -0.2) is 34.2 Å². The SMILES string of the molecule is CCCC(C)C1(CC)C(=O)N=C([O-])NC1=O.O=C(O)CCCCBr.[Na+]. The molecular weight excluding hydrogens is 403 g/mol. The van der Waals surface area contributed by atoms with E-state index in [0.29, 0.717) is 12.8 Å². The second-order valence-corrected chi connectivity index (χ2v) is 6.52. The van der Waals surface area contributed by atoms with Gasteiger partial charge in [-0.15, -0.1) is 0 Å². The molecule has 0 aromatic rings. The van der Waals surface area contributed by atoms with Crippen molar-refractivity contribution >= 4 is 39.7 Å². The van der Waals surface area contributed by atoms with Crippen LogP contribution >= 0.6 is 15.9 Å². The fraction of sp³-hybridized carbons (Fsp3) is 0.750. The number of unbranched alkanes of at least 4 members (excludes halogenated alkanes) is 1. The molecule has 1 aliphatic rings. The number of nitrogens with zero attached hydrogens (tertiary/aromatic N) is 1. The minimum atomic E-state index is -1.15. The summed E-state index contributed by atoms with van der Waals surface area (Å²) in [7, 11) is 0. The molecule has 2 atom stereocenters. The van der Waals surface area contributed by atoms with Crippen molar-refractivity contribution in [3.8, 4) is 0 Å². The van der Waals surface area contributed by atoms with Gasteiger partial charge in [0.1, 0.15) is 5.41 Å². The van der Waals surface area contributed by atoms with Gasteiger partial charge in [-0.2, -0.15) is 0 Å². The van der Waals surface area contributed by atoms with Crippen molar-refractivity contribution in [3.63, 3.8) is 0 Å². The molecule has 0 saturated carbocycles. The van der Waals surface area contributed by atoms with Crippen LogP contribution in [-0.2, 0) is 14.4 Å². The van der Waals surface area contributed by atoms with Gasteiger partial charge < -0.3 is 15.5 Å². The number of hydrogen-bond acceptors (Lipinski definition) is 4. The maximum atomic E-state index is 11.9. The van der Waals surface area contributed by atoms with Gasteiger partial charge in [0.2, 0.25) is 5.91 Å². The van der Waals surface area contributed by atoms with Crippen LogP contribution in [0.25, 0.3) is 0 Å². The first-order valence-corrected chi connectivity index (χ1v) is 9.27. The Morgan fingerprint density at radius 2 is 1.96 bits per heavy atom. The first-order valence-electron chi connectivity index (χ1n) is 8.15. The number of alkyl halides is 1. The van der Waals surface area contributed by atoms with Gasteiger partial charge in [-0.05, 0) is 31.6 Å². The van der Waals surface area contributed by atoms with E-state index in [9.17, 15) is 19.5 Å². The zero-order valence-electron chi connectivity index (χ0n) is 15.4. The Labute approximate surface area is 179 Å². The molecule has 0 radical (unpaired) electrons. The zero-order chi connectivity index (χ0) is 18.8. The monoisotopic (exact) mass is 428 g/mol. The Balaban J connectivity index is 0. The van der Waals surface area contributed by atoms with E-state index in [1.807, 2.05) is 13.8 Å². The molecule has 0 fully saturated rings. The van der Waals surface area contributed by atoms with Crippen LogP contribution in [0.3, 0.4) is 0 Å². The molecule has 0 spiro atoms. The number of carbonyl (C=O) groups excluding carboxylic acids is 2. The van der Waals surface area contributed by atoms with Crippen molar-refractivity contribution in [3.05, 3.63) is 0 Å². The average Bonchev–Trinajstić information content (AvgIpc) is 2.48. The molecule has 0 saturated heterocycles. The van der Waals surface area contributed by atoms with E-state index in [1.165, 1.54) is 0 Å². The fourth-order valence-electron chi connectivity index (χ4n) is 2.67. The molecule has 7 nitrogen and oxygen atoms in total. The summed E-state index contributed by atoms with van der Waals surface area (Å²) >= 11 is 3.21. The molecule has 1 rings (SSSR count). The molecule has 2 N–H and O–H groups in total. The smallest absolute Gasteiger partial charge is 0.846 e. The number of carbonyl (C=O) groups is 3. The third kappa shape index (κ3) is 8.19. The summed E-state index contributed by atoms with van der Waals surface area (Å²) in [6.45, 7) is 5.62. The first kappa shape index (κ1) is 26.8. The summed E-state index contributed by atoms with van der Waals surface area (Å²) < 4.78 is 0. The van der Waals surface area contributed by atoms with Gasteiger partial charge in [-0.25, -0.2) is 4.99 Å². The van der Waals surface area contributed by atoms with E-state index in [2.05, 4.69) is 26.2 Å². The van der Waals surface area contributed by atoms with Gasteiger partial charge >= 0.3 is 35.5 Å². The molecule has 1 heterocycles. The van der Waals surface area contributed by atoms with Gasteiger partial charge in [-0.1, -0.05) is 43.1 Å². The number of halogens is 1. The van der Waals surface area contributed by atoms with Crippen molar-refractivity contribution in [2.45, 2.75) is 59.3 Å². The summed E-state index contributed by atoms with van der Waals surface area (Å²) in [6, 6.07) is -0.845. The van der Waals surface area contributed by atoms with Crippen LogP contribution in [0.5, 0.6) is 0 Å². The van der Waals surface area contributed by atoms with Crippen molar-refractivity contribution in [1.82, 2.24) is 5.32 Å². The molecule has 2 unspecified atom stereocenters. The largest absolute Gasteiger partial charge is 1.00 e. The van der Waals surface area contributed by atoms with Crippen molar-refractivity contribution < 1.29 is 54.2 Å². The fourth-order valence-corrected chi connectivity index (χ4v) is 3.07. The van der Waals surface area contributed by atoms with Crippen LogP contribution in [0.1, 0.15) is 59.3 Å². The predicted octanol–water partition coefficient (Wildman–Crippen LogP) is -1.17. The van der Waals surface area contributed by atoms with Crippen molar-refractivity contribution in [2.75, 3.05) is 5.33 Å². The topological polar surface area (TPSA) is 119 Å². The Hall–Kier alpha value is -0.440. The van der Waals surface area contributed by atoms with Crippen LogP contribution < -0.4 is 40.0 Å². The van der Waals surface area contributed by atoms with Gasteiger partial charge in [-0.3, -0.25) is 14.4 Å². The zero-order valence-corrected chi connectivity index (χ0v) is 19.0. The second kappa shape index (κ2) is 13.7. The summed E-state index contributed by atoms with van der Waals surface area (Å²) in [4.78, 5) is 36.9. The molecule has 25 heavy (non-hydrogen) atoms. The molecule has 0 aromatic carbocycles. The minimum Gasteiger partial charge on any atom is -0.846 e. The molecule has 1 aliphatic heterocycles. The third-order valence-corrected chi connectivity index (χ3v) is 4.67. The van der Waals surface area contributed by atoms with Gasteiger partial charge in [0.15, 0.2) is 0 Å². The number of aliphatic carboxylic acids is 1. The summed E-state index contributed by atoms with van der Waals surface area (Å²) in [5.41, 5.74) is -1.15. The van der Waals surface area contributed by atoms with E-state index >= 15 is 0 Å². The van der Waals surface area contributed by atoms with Gasteiger partial charge in [0.05, 0.1) is 6.02 Å². The first-order chi connectivity index (χ1) is 11.3. The molecule has 0 aliphatic carbocycles. The van der Waals surface area contributed by atoms with Crippen LogP contribution in [0.15, 0.2) is 4.99 Å². The normalized spacial score (nSPS) is 20.4. The van der Waals surface area contributed by atoms with E-state index in [1.54, 1.807) is 6.92 Å². The summed E-state index contributed by atoms with van der Waals surface area (Å²) in [5.74, 6) is -1.90. The van der Waals surface area contributed by atoms with Crippen LogP contribution in [0.2, 0.25) is 0 Å². The maximum absolute atomic E-state index is 11.9. The van der Waals surface area contributed by atoms with Gasteiger partial charge in [0.25, 0.3) is 5.91 Å². The van der Waals surface area contributed by atoms with Crippen LogP contribution in [0, 0.1) is 11.3 Å². The maximum Gasteiger partial charge on any atom is 1.00 e. The number of amides is 2. The number of carboxylic acids is 1. The number of aliphatic imine (C=N–C) groups is 1. The van der Waals surface area contributed by atoms with E-state index in [4.69, 9.17) is 5.11 Å². The Morgan fingerprint density at radius 1 is 1.36 bits per heavy atom. The third-order valence-electron chi connectivity index (χ3n) is 4.11. The van der Waals surface area contributed by atoms with E-state index in [0.717, 1.165) is 31.0 Å². The molecular formula is C16H26BrN2NaO5. The quantitative estimate of drug-likeness (QED) is 0.218. The number of amidine groups is 1. The number of nitrogens with one attached hydrogen (secondary N) is 1. The molecule has 138 valence electrons. The standard InChI is InChI=1S/C11H18N2O3.C5H9BrO2.Na/c1-4-6-7(3)11(5-2)8(14)12-10(16)13-9(11)15;6-4-2-1-3-5(7)8;/h7H,4-6H2,1-3H3,(H2,12,13,14,15,16);1-4H2,(H,7,8);/q;;+1/p-1. The number of rotatable bonds is 8. The second-order valence-electron chi connectivity index (χ2n) is 5.73. The molecule has 0 aromatic heterocycles. The van der Waals surface area contributed by atoms with E-state index in [-0.39, 0.29) is 35.5 Å². The molecule has 9 heteroatoms. The Morgan fingerprint density at radius 3 is 2.36 bits per heavy atom. The van der Waals surface area contributed by atoms with Crippen molar-refractivity contribution in [1.29, 1.82) is 0 Å². The molecule has 0 bridgehead atoms. The number of hydrogen-bond donors (Lipinski definition) is 2. The van der Waals surface area contributed by atoms with Gasteiger partial charge in [0, 0.05) is 11.8 Å².